The lowest BCUT2D eigenvalue weighted by Crippen LogP contribution is -2.13. The van der Waals surface area contributed by atoms with E-state index in [-0.39, 0.29) is 6.61 Å². The molecule has 4 heteroatoms. The highest BCUT2D eigenvalue weighted by molar-refractivity contribution is 7.99. The molecule has 1 rings (SSSR count). The van der Waals surface area contributed by atoms with E-state index < -0.39 is 0 Å². The smallest absolute Gasteiger partial charge is 0.0962 e. The second kappa shape index (κ2) is 8.50. The van der Waals surface area contributed by atoms with E-state index in [0.29, 0.717) is 5.25 Å². The second-order valence-electron chi connectivity index (χ2n) is 4.12. The van der Waals surface area contributed by atoms with Crippen molar-refractivity contribution in [2.24, 2.45) is 0 Å². The van der Waals surface area contributed by atoms with Gasteiger partial charge in [0.15, 0.2) is 0 Å². The summed E-state index contributed by atoms with van der Waals surface area (Å²) in [6.07, 6.45) is 3.89. The highest BCUT2D eigenvalue weighted by atomic mass is 32.2. The Hall–Kier alpha value is -0.580. The van der Waals surface area contributed by atoms with E-state index in [1.165, 1.54) is 5.56 Å². The molecule has 2 N–H and O–H groups in total. The molecule has 3 nitrogen and oxygen atoms in total. The molecule has 17 heavy (non-hydrogen) atoms. The Morgan fingerprint density at radius 3 is 2.88 bits per heavy atom. The fraction of sp³-hybridized carbons (Fsp3) is 0.615. The van der Waals surface area contributed by atoms with Crippen LogP contribution in [0.4, 0.5) is 0 Å². The summed E-state index contributed by atoms with van der Waals surface area (Å²) < 4.78 is 0. The predicted octanol–water partition coefficient (Wildman–Crippen LogP) is 2.44. The van der Waals surface area contributed by atoms with Gasteiger partial charge in [0.1, 0.15) is 0 Å². The lowest BCUT2D eigenvalue weighted by atomic mass is 10.3. The Bertz CT molecular complexity index is 303. The van der Waals surface area contributed by atoms with Crippen LogP contribution in [0.2, 0.25) is 0 Å². The molecule has 0 saturated heterocycles. The number of aliphatic hydroxyl groups is 1. The third-order valence-electron chi connectivity index (χ3n) is 2.41. The monoisotopic (exact) mass is 254 g/mol. The van der Waals surface area contributed by atoms with Gasteiger partial charge in [0, 0.05) is 24.6 Å². The Balaban J connectivity index is 2.39. The maximum Gasteiger partial charge on any atom is 0.0962 e. The number of nitrogens with zero attached hydrogens (tertiary/aromatic N) is 1. The van der Waals surface area contributed by atoms with Crippen molar-refractivity contribution in [2.45, 2.75) is 43.5 Å². The first-order chi connectivity index (χ1) is 8.26. The van der Waals surface area contributed by atoms with Crippen molar-refractivity contribution in [2.75, 3.05) is 13.2 Å². The summed E-state index contributed by atoms with van der Waals surface area (Å²) in [6, 6.07) is 4.17. The molecule has 0 aromatic carbocycles. The van der Waals surface area contributed by atoms with Gasteiger partial charge in [0.05, 0.1) is 5.03 Å². The van der Waals surface area contributed by atoms with Gasteiger partial charge in [-0.05, 0) is 31.0 Å². The average molecular weight is 254 g/mol. The molecule has 0 saturated carbocycles. The van der Waals surface area contributed by atoms with Crippen LogP contribution in [0.15, 0.2) is 23.4 Å². The lowest BCUT2D eigenvalue weighted by Gasteiger charge is -2.09. The van der Waals surface area contributed by atoms with Crippen LogP contribution < -0.4 is 5.32 Å². The van der Waals surface area contributed by atoms with Crippen molar-refractivity contribution in [3.05, 3.63) is 23.9 Å². The van der Waals surface area contributed by atoms with Crippen molar-refractivity contribution < 1.29 is 5.11 Å². The molecule has 0 radical (unpaired) electrons. The number of rotatable bonds is 8. The van der Waals surface area contributed by atoms with Crippen LogP contribution in [0.3, 0.4) is 0 Å². The summed E-state index contributed by atoms with van der Waals surface area (Å²) in [7, 11) is 0. The Kier molecular flexibility index (Phi) is 7.24. The number of aromatic nitrogens is 1. The van der Waals surface area contributed by atoms with Crippen molar-refractivity contribution in [3.63, 3.8) is 0 Å². The van der Waals surface area contributed by atoms with Gasteiger partial charge < -0.3 is 10.4 Å². The van der Waals surface area contributed by atoms with Crippen LogP contribution in [0.25, 0.3) is 0 Å². The van der Waals surface area contributed by atoms with Crippen molar-refractivity contribution in [3.8, 4) is 0 Å². The molecule has 0 aliphatic heterocycles. The maximum atomic E-state index is 8.84. The van der Waals surface area contributed by atoms with Crippen molar-refractivity contribution >= 4 is 11.8 Å². The summed E-state index contributed by atoms with van der Waals surface area (Å²) in [5, 5.41) is 13.6. The highest BCUT2D eigenvalue weighted by Crippen LogP contribution is 2.22. The molecular weight excluding hydrogens is 232 g/mol. The van der Waals surface area contributed by atoms with Crippen LogP contribution >= 0.6 is 11.8 Å². The number of pyridine rings is 1. The van der Waals surface area contributed by atoms with Crippen LogP contribution in [0.5, 0.6) is 0 Å². The van der Waals surface area contributed by atoms with Crippen LogP contribution in [0, 0.1) is 0 Å². The molecule has 1 heterocycles. The van der Waals surface area contributed by atoms with Gasteiger partial charge >= 0.3 is 0 Å². The van der Waals surface area contributed by atoms with E-state index in [4.69, 9.17) is 5.11 Å². The minimum atomic E-state index is 0.243. The fourth-order valence-corrected chi connectivity index (χ4v) is 2.34. The predicted molar refractivity (Wildman–Crippen MR) is 73.3 cm³/mol. The van der Waals surface area contributed by atoms with E-state index in [9.17, 15) is 0 Å². The average Bonchev–Trinajstić information content (AvgIpc) is 2.32. The van der Waals surface area contributed by atoms with Gasteiger partial charge in [0.25, 0.3) is 0 Å². The highest BCUT2D eigenvalue weighted by Gasteiger charge is 2.04. The SMILES string of the molecule is CCCNCc1ccc(SC(C)CCO)nc1. The fourth-order valence-electron chi connectivity index (χ4n) is 1.44. The van der Waals surface area contributed by atoms with Gasteiger partial charge in [-0.15, -0.1) is 11.8 Å². The molecule has 1 unspecified atom stereocenters. The summed E-state index contributed by atoms with van der Waals surface area (Å²) >= 11 is 1.71. The number of aliphatic hydroxyl groups excluding tert-OH is 1. The lowest BCUT2D eigenvalue weighted by molar-refractivity contribution is 0.289. The van der Waals surface area contributed by atoms with Gasteiger partial charge in [-0.25, -0.2) is 4.98 Å². The third-order valence-corrected chi connectivity index (χ3v) is 3.53. The molecule has 0 fully saturated rings. The Morgan fingerprint density at radius 1 is 1.47 bits per heavy atom. The van der Waals surface area contributed by atoms with E-state index in [0.717, 1.165) is 31.0 Å². The van der Waals surface area contributed by atoms with Gasteiger partial charge in [-0.3, -0.25) is 0 Å². The molecule has 0 bridgehead atoms. The number of hydrogen-bond acceptors (Lipinski definition) is 4. The van der Waals surface area contributed by atoms with Crippen LogP contribution in [-0.4, -0.2) is 28.5 Å². The number of nitrogens with one attached hydrogen (secondary N) is 1. The summed E-state index contributed by atoms with van der Waals surface area (Å²) in [6.45, 7) is 6.45. The summed E-state index contributed by atoms with van der Waals surface area (Å²) in [4.78, 5) is 4.42. The molecule has 1 aromatic heterocycles. The Morgan fingerprint density at radius 2 is 2.29 bits per heavy atom. The van der Waals surface area contributed by atoms with E-state index in [1.807, 2.05) is 6.20 Å². The zero-order chi connectivity index (χ0) is 12.5. The molecule has 0 spiro atoms. The molecule has 1 atom stereocenters. The molecule has 0 amide bonds. The van der Waals surface area contributed by atoms with Gasteiger partial charge in [0.2, 0.25) is 0 Å². The molecule has 96 valence electrons. The quantitative estimate of drug-likeness (QED) is 0.552. The van der Waals surface area contributed by atoms with Crippen LogP contribution in [0.1, 0.15) is 32.3 Å². The van der Waals surface area contributed by atoms with Crippen molar-refractivity contribution in [1.82, 2.24) is 10.3 Å². The minimum absolute atomic E-state index is 0.243. The standard InChI is InChI=1S/C13H22N2OS/c1-3-7-14-9-12-4-5-13(15-10-12)17-11(2)6-8-16/h4-5,10-11,14,16H,3,6-9H2,1-2H3. The molecular formula is C13H22N2OS. The van der Waals surface area contributed by atoms with Gasteiger partial charge in [-0.2, -0.15) is 0 Å². The minimum Gasteiger partial charge on any atom is -0.396 e. The second-order valence-corrected chi connectivity index (χ2v) is 5.58. The topological polar surface area (TPSA) is 45.1 Å². The zero-order valence-electron chi connectivity index (χ0n) is 10.6. The third kappa shape index (κ3) is 6.05. The molecule has 1 aromatic rings. The first-order valence-corrected chi connectivity index (χ1v) is 7.07. The summed E-state index contributed by atoms with van der Waals surface area (Å²) in [5.74, 6) is 0. The maximum absolute atomic E-state index is 8.84. The largest absolute Gasteiger partial charge is 0.396 e. The molecule has 0 aliphatic rings. The van der Waals surface area contributed by atoms with Crippen molar-refractivity contribution in [1.29, 1.82) is 0 Å². The first-order valence-electron chi connectivity index (χ1n) is 6.19. The molecule has 0 aliphatic carbocycles. The number of hydrogen-bond donors (Lipinski definition) is 2. The van der Waals surface area contributed by atoms with Crippen LogP contribution in [-0.2, 0) is 6.54 Å². The first kappa shape index (κ1) is 14.5. The van der Waals surface area contributed by atoms with E-state index >= 15 is 0 Å². The normalized spacial score (nSPS) is 12.6. The van der Waals surface area contributed by atoms with E-state index in [1.54, 1.807) is 11.8 Å². The number of thioether (sulfide) groups is 1. The summed E-state index contributed by atoms with van der Waals surface area (Å²) in [5.41, 5.74) is 1.22. The Labute approximate surface area is 108 Å². The zero-order valence-corrected chi connectivity index (χ0v) is 11.5. The van der Waals surface area contributed by atoms with E-state index in [2.05, 4.69) is 36.3 Å². The van der Waals surface area contributed by atoms with Gasteiger partial charge in [-0.1, -0.05) is 19.9 Å².